The van der Waals surface area contributed by atoms with E-state index in [-0.39, 0.29) is 22.1 Å². The van der Waals surface area contributed by atoms with Crippen molar-refractivity contribution in [1.29, 1.82) is 0 Å². The molecule has 1 aromatic carbocycles. The minimum Gasteiger partial charge on any atom is -0.330 e. The van der Waals surface area contributed by atoms with Gasteiger partial charge in [0.25, 0.3) is 0 Å². The standard InChI is InChI=1S/C11H14F3NS/c1-10(2,7-15)8-3-5-9(6-4-8)16-11(12,13)14/h3-6H,7,15H2,1-2H3. The van der Waals surface area contributed by atoms with E-state index in [2.05, 4.69) is 0 Å². The van der Waals surface area contributed by atoms with Crippen LogP contribution in [0.3, 0.4) is 0 Å². The third kappa shape index (κ3) is 3.72. The molecule has 90 valence electrons. The Hall–Kier alpha value is -0.680. The average molecular weight is 249 g/mol. The highest BCUT2D eigenvalue weighted by Crippen LogP contribution is 2.37. The van der Waals surface area contributed by atoms with Gasteiger partial charge in [0.05, 0.1) is 0 Å². The van der Waals surface area contributed by atoms with Crippen LogP contribution in [0.4, 0.5) is 13.2 Å². The maximum absolute atomic E-state index is 12.1. The second kappa shape index (κ2) is 4.67. The van der Waals surface area contributed by atoms with Crippen LogP contribution in [0.5, 0.6) is 0 Å². The molecule has 0 aliphatic heterocycles. The van der Waals surface area contributed by atoms with Crippen LogP contribution in [0.1, 0.15) is 19.4 Å². The lowest BCUT2D eigenvalue weighted by molar-refractivity contribution is -0.0328. The van der Waals surface area contributed by atoms with Gasteiger partial charge in [-0.1, -0.05) is 26.0 Å². The molecule has 0 aliphatic carbocycles. The number of rotatable bonds is 3. The van der Waals surface area contributed by atoms with Crippen molar-refractivity contribution in [2.75, 3.05) is 6.54 Å². The maximum Gasteiger partial charge on any atom is 0.446 e. The Kier molecular flexibility index (Phi) is 3.91. The van der Waals surface area contributed by atoms with Crippen molar-refractivity contribution in [2.24, 2.45) is 5.73 Å². The molecule has 16 heavy (non-hydrogen) atoms. The minimum absolute atomic E-state index is 0.104. The fourth-order valence-corrected chi connectivity index (χ4v) is 1.77. The second-order valence-corrected chi connectivity index (χ2v) is 5.30. The van der Waals surface area contributed by atoms with E-state index in [1.807, 2.05) is 13.8 Å². The van der Waals surface area contributed by atoms with Crippen LogP contribution in [-0.4, -0.2) is 12.1 Å². The summed E-state index contributed by atoms with van der Waals surface area (Å²) in [5.74, 6) is 0. The molecule has 0 fully saturated rings. The monoisotopic (exact) mass is 249 g/mol. The molecule has 2 N–H and O–H groups in total. The van der Waals surface area contributed by atoms with Crippen LogP contribution in [0, 0.1) is 0 Å². The highest BCUT2D eigenvalue weighted by Gasteiger charge is 2.29. The van der Waals surface area contributed by atoms with Crippen LogP contribution in [0.15, 0.2) is 29.2 Å². The van der Waals surface area contributed by atoms with Crippen molar-refractivity contribution in [3.05, 3.63) is 29.8 Å². The van der Waals surface area contributed by atoms with Gasteiger partial charge in [0.2, 0.25) is 0 Å². The molecule has 0 unspecified atom stereocenters. The quantitative estimate of drug-likeness (QED) is 0.829. The van der Waals surface area contributed by atoms with E-state index in [4.69, 9.17) is 5.73 Å². The Morgan fingerprint density at radius 3 is 2.00 bits per heavy atom. The first-order valence-corrected chi connectivity index (χ1v) is 5.62. The molecular formula is C11H14F3NS. The van der Waals surface area contributed by atoms with E-state index in [9.17, 15) is 13.2 Å². The number of hydrogen-bond acceptors (Lipinski definition) is 2. The summed E-state index contributed by atoms with van der Waals surface area (Å²) in [6.45, 7) is 4.37. The summed E-state index contributed by atoms with van der Waals surface area (Å²) in [6.07, 6.45) is 0. The first-order chi connectivity index (χ1) is 7.24. The molecule has 0 bridgehead atoms. The molecule has 0 aromatic heterocycles. The van der Waals surface area contributed by atoms with Gasteiger partial charge in [0.1, 0.15) is 0 Å². The van der Waals surface area contributed by atoms with Crippen molar-refractivity contribution in [2.45, 2.75) is 29.7 Å². The number of alkyl halides is 3. The molecule has 5 heteroatoms. The zero-order chi connectivity index (χ0) is 12.4. The molecule has 0 aliphatic rings. The third-order valence-corrected chi connectivity index (χ3v) is 3.12. The summed E-state index contributed by atoms with van der Waals surface area (Å²) in [6, 6.07) is 6.34. The number of benzene rings is 1. The highest BCUT2D eigenvalue weighted by atomic mass is 32.2. The summed E-state index contributed by atoms with van der Waals surface area (Å²) < 4.78 is 36.3. The van der Waals surface area contributed by atoms with Crippen LogP contribution >= 0.6 is 11.8 Å². The molecule has 0 amide bonds. The predicted molar refractivity (Wildman–Crippen MR) is 60.4 cm³/mol. The average Bonchev–Trinajstić information content (AvgIpc) is 2.16. The van der Waals surface area contributed by atoms with Gasteiger partial charge in [0, 0.05) is 16.9 Å². The summed E-state index contributed by atoms with van der Waals surface area (Å²) in [5, 5.41) is 0. The van der Waals surface area contributed by atoms with E-state index in [0.29, 0.717) is 6.54 Å². The lowest BCUT2D eigenvalue weighted by atomic mass is 9.85. The van der Waals surface area contributed by atoms with Gasteiger partial charge < -0.3 is 5.73 Å². The van der Waals surface area contributed by atoms with Gasteiger partial charge in [-0.15, -0.1) is 0 Å². The summed E-state index contributed by atoms with van der Waals surface area (Å²) in [5.41, 5.74) is 2.10. The summed E-state index contributed by atoms with van der Waals surface area (Å²) in [7, 11) is 0. The zero-order valence-electron chi connectivity index (χ0n) is 9.14. The Morgan fingerprint density at radius 1 is 1.12 bits per heavy atom. The lowest BCUT2D eigenvalue weighted by Gasteiger charge is -2.23. The molecular weight excluding hydrogens is 235 g/mol. The second-order valence-electron chi connectivity index (χ2n) is 4.16. The largest absolute Gasteiger partial charge is 0.446 e. The van der Waals surface area contributed by atoms with Crippen molar-refractivity contribution in [3.63, 3.8) is 0 Å². The van der Waals surface area contributed by atoms with Crippen LogP contribution in [0.2, 0.25) is 0 Å². The molecule has 0 radical (unpaired) electrons. The lowest BCUT2D eigenvalue weighted by Crippen LogP contribution is -2.27. The van der Waals surface area contributed by atoms with E-state index in [1.165, 1.54) is 12.1 Å². The smallest absolute Gasteiger partial charge is 0.330 e. The molecule has 0 atom stereocenters. The highest BCUT2D eigenvalue weighted by molar-refractivity contribution is 8.00. The maximum atomic E-state index is 12.1. The zero-order valence-corrected chi connectivity index (χ0v) is 9.95. The Bertz CT molecular complexity index is 343. The Morgan fingerprint density at radius 2 is 1.62 bits per heavy atom. The van der Waals surface area contributed by atoms with E-state index in [1.54, 1.807) is 12.1 Å². The fourth-order valence-electron chi connectivity index (χ4n) is 1.23. The molecule has 1 aromatic rings. The summed E-state index contributed by atoms with van der Waals surface area (Å²) >= 11 is -0.104. The molecule has 1 nitrogen and oxygen atoms in total. The summed E-state index contributed by atoms with van der Waals surface area (Å²) in [4.78, 5) is 0.198. The van der Waals surface area contributed by atoms with Gasteiger partial charge in [-0.2, -0.15) is 13.2 Å². The van der Waals surface area contributed by atoms with Crippen molar-refractivity contribution in [3.8, 4) is 0 Å². The first kappa shape index (κ1) is 13.4. The van der Waals surface area contributed by atoms with Gasteiger partial charge >= 0.3 is 5.51 Å². The number of hydrogen-bond donors (Lipinski definition) is 1. The van der Waals surface area contributed by atoms with E-state index < -0.39 is 5.51 Å². The Balaban J connectivity index is 2.84. The van der Waals surface area contributed by atoms with Crippen molar-refractivity contribution < 1.29 is 13.2 Å². The fraction of sp³-hybridized carbons (Fsp3) is 0.455. The van der Waals surface area contributed by atoms with Crippen LogP contribution < -0.4 is 5.73 Å². The van der Waals surface area contributed by atoms with Crippen molar-refractivity contribution in [1.82, 2.24) is 0 Å². The number of halogens is 3. The molecule has 0 saturated carbocycles. The molecule has 1 rings (SSSR count). The first-order valence-electron chi connectivity index (χ1n) is 4.81. The van der Waals surface area contributed by atoms with Crippen LogP contribution in [0.25, 0.3) is 0 Å². The molecule has 0 spiro atoms. The number of nitrogens with two attached hydrogens (primary N) is 1. The van der Waals surface area contributed by atoms with E-state index in [0.717, 1.165) is 5.56 Å². The minimum atomic E-state index is -4.23. The molecule has 0 saturated heterocycles. The topological polar surface area (TPSA) is 26.0 Å². The van der Waals surface area contributed by atoms with Gasteiger partial charge in [-0.25, -0.2) is 0 Å². The SMILES string of the molecule is CC(C)(CN)c1ccc(SC(F)(F)F)cc1. The normalized spacial score (nSPS) is 12.9. The van der Waals surface area contributed by atoms with Gasteiger partial charge in [-0.05, 0) is 29.5 Å². The Labute approximate surface area is 97.2 Å². The van der Waals surface area contributed by atoms with Gasteiger partial charge in [-0.3, -0.25) is 0 Å². The number of thioether (sulfide) groups is 1. The molecule has 0 heterocycles. The third-order valence-electron chi connectivity index (χ3n) is 2.38. The van der Waals surface area contributed by atoms with E-state index >= 15 is 0 Å². The predicted octanol–water partition coefficient (Wildman–Crippen LogP) is 3.53. The van der Waals surface area contributed by atoms with Crippen LogP contribution in [-0.2, 0) is 5.41 Å². The van der Waals surface area contributed by atoms with Gasteiger partial charge in [0.15, 0.2) is 0 Å². The van der Waals surface area contributed by atoms with Crippen molar-refractivity contribution >= 4 is 11.8 Å².